The molecule has 0 atom stereocenters. The summed E-state index contributed by atoms with van der Waals surface area (Å²) in [5, 5.41) is 11.7. The van der Waals surface area contributed by atoms with Crippen LogP contribution in [0.1, 0.15) is 12.0 Å². The summed E-state index contributed by atoms with van der Waals surface area (Å²) in [4.78, 5) is 12.2. The van der Waals surface area contributed by atoms with Gasteiger partial charge in [0.25, 0.3) is 0 Å². The van der Waals surface area contributed by atoms with Crippen LogP contribution in [0.3, 0.4) is 0 Å². The van der Waals surface area contributed by atoms with Crippen molar-refractivity contribution in [2.75, 3.05) is 29.5 Å². The van der Waals surface area contributed by atoms with E-state index in [1.165, 1.54) is 13.2 Å². The number of carbonyl (C=O) groups excluding carboxylic acids is 1. The van der Waals surface area contributed by atoms with Gasteiger partial charge in [0.15, 0.2) is 0 Å². The molecule has 0 aliphatic rings. The number of hydrogen-bond acceptors (Lipinski definition) is 5. The van der Waals surface area contributed by atoms with E-state index in [0.717, 1.165) is 10.6 Å². The van der Waals surface area contributed by atoms with Gasteiger partial charge in [-0.25, -0.2) is 8.42 Å². The summed E-state index contributed by atoms with van der Waals surface area (Å²) in [7, 11) is -2.07. The molecule has 26 heavy (non-hydrogen) atoms. The molecule has 1 amide bonds. The Labute approximate surface area is 152 Å². The van der Waals surface area contributed by atoms with Crippen LogP contribution >= 0.6 is 0 Å². The molecule has 0 aromatic heterocycles. The van der Waals surface area contributed by atoms with E-state index in [9.17, 15) is 13.2 Å². The fourth-order valence-electron chi connectivity index (χ4n) is 2.34. The first-order chi connectivity index (χ1) is 12.3. The molecule has 7 nitrogen and oxygen atoms in total. The first-order valence-corrected chi connectivity index (χ1v) is 9.60. The smallest absolute Gasteiger partial charge is 0.232 e. The molecule has 0 aliphatic carbocycles. The highest BCUT2D eigenvalue weighted by Crippen LogP contribution is 2.20. The third-order valence-corrected chi connectivity index (χ3v) is 4.75. The second-order valence-electron chi connectivity index (χ2n) is 5.53. The Morgan fingerprint density at radius 3 is 2.62 bits per heavy atom. The summed E-state index contributed by atoms with van der Waals surface area (Å²) < 4.78 is 30.4. The fourth-order valence-corrected chi connectivity index (χ4v) is 3.26. The van der Waals surface area contributed by atoms with Crippen molar-refractivity contribution in [2.45, 2.75) is 6.42 Å². The van der Waals surface area contributed by atoms with Crippen LogP contribution in [0.15, 0.2) is 48.5 Å². The molecule has 0 radical (unpaired) electrons. The van der Waals surface area contributed by atoms with Crippen molar-refractivity contribution in [3.63, 3.8) is 0 Å². The molecule has 1 N–H and O–H groups in total. The van der Waals surface area contributed by atoms with Crippen molar-refractivity contribution in [3.05, 3.63) is 54.1 Å². The molecule has 0 unspecified atom stereocenters. The third-order valence-electron chi connectivity index (χ3n) is 3.56. The van der Waals surface area contributed by atoms with Crippen LogP contribution in [0, 0.1) is 11.3 Å². The minimum Gasteiger partial charge on any atom is -0.497 e. The molecule has 0 saturated carbocycles. The highest BCUT2D eigenvalue weighted by molar-refractivity contribution is 7.92. The highest BCUT2D eigenvalue weighted by atomic mass is 32.2. The quantitative estimate of drug-likeness (QED) is 0.803. The molecule has 0 spiro atoms. The number of rotatable bonds is 7. The Kier molecular flexibility index (Phi) is 6.20. The molecule has 0 bridgehead atoms. The Balaban J connectivity index is 2.09. The van der Waals surface area contributed by atoms with Crippen LogP contribution in [0.5, 0.6) is 5.75 Å². The fraction of sp³-hybridized carbons (Fsp3) is 0.222. The molecule has 2 rings (SSSR count). The second-order valence-corrected chi connectivity index (χ2v) is 7.43. The maximum absolute atomic E-state index is 12.2. The molecule has 0 fully saturated rings. The maximum atomic E-state index is 12.2. The number of sulfonamides is 1. The lowest BCUT2D eigenvalue weighted by molar-refractivity contribution is -0.116. The Morgan fingerprint density at radius 1 is 1.23 bits per heavy atom. The molecule has 2 aromatic carbocycles. The number of methoxy groups -OCH3 is 1. The van der Waals surface area contributed by atoms with E-state index in [1.54, 1.807) is 42.5 Å². The van der Waals surface area contributed by atoms with E-state index in [0.29, 0.717) is 22.7 Å². The van der Waals surface area contributed by atoms with Gasteiger partial charge in [-0.2, -0.15) is 5.26 Å². The van der Waals surface area contributed by atoms with Crippen molar-refractivity contribution >= 4 is 27.3 Å². The van der Waals surface area contributed by atoms with Crippen molar-refractivity contribution in [1.29, 1.82) is 5.26 Å². The highest BCUT2D eigenvalue weighted by Gasteiger charge is 2.19. The minimum atomic E-state index is -3.60. The van der Waals surface area contributed by atoms with E-state index < -0.39 is 10.0 Å². The summed E-state index contributed by atoms with van der Waals surface area (Å²) in [6.45, 7) is -0.0382. The van der Waals surface area contributed by atoms with Gasteiger partial charge in [0.2, 0.25) is 15.9 Å². The van der Waals surface area contributed by atoms with Gasteiger partial charge in [0, 0.05) is 24.7 Å². The molecular formula is C18H19N3O4S. The number of nitrogens with one attached hydrogen (secondary N) is 1. The maximum Gasteiger partial charge on any atom is 0.232 e. The third kappa shape index (κ3) is 5.22. The van der Waals surface area contributed by atoms with Gasteiger partial charge in [-0.1, -0.05) is 12.1 Å². The van der Waals surface area contributed by atoms with Crippen LogP contribution < -0.4 is 14.4 Å². The van der Waals surface area contributed by atoms with Gasteiger partial charge in [0.05, 0.1) is 30.7 Å². The van der Waals surface area contributed by atoms with Crippen molar-refractivity contribution < 1.29 is 17.9 Å². The summed E-state index contributed by atoms with van der Waals surface area (Å²) in [6, 6.07) is 15.1. The van der Waals surface area contributed by atoms with E-state index in [2.05, 4.69) is 5.32 Å². The SMILES string of the molecule is COc1cccc(NC(=O)CCN(c2cccc(C#N)c2)S(C)(=O)=O)c1. The number of nitriles is 1. The molecule has 0 saturated heterocycles. The molecule has 8 heteroatoms. The zero-order chi connectivity index (χ0) is 19.2. The number of amides is 1. The van der Waals surface area contributed by atoms with Crippen LogP contribution in [0.4, 0.5) is 11.4 Å². The van der Waals surface area contributed by atoms with Crippen molar-refractivity contribution in [3.8, 4) is 11.8 Å². The largest absolute Gasteiger partial charge is 0.497 e. The summed E-state index contributed by atoms with van der Waals surface area (Å²) in [5.74, 6) is 0.275. The number of ether oxygens (including phenoxy) is 1. The molecule has 0 heterocycles. The Hall–Kier alpha value is -3.05. The van der Waals surface area contributed by atoms with E-state index in [1.807, 2.05) is 6.07 Å². The summed E-state index contributed by atoms with van der Waals surface area (Å²) in [6.07, 6.45) is 1.02. The standard InChI is InChI=1S/C18H19N3O4S/c1-25-17-8-4-6-15(12-17)20-18(22)9-10-21(26(2,23)24)16-7-3-5-14(11-16)13-19/h3-8,11-12H,9-10H2,1-2H3,(H,20,22). The van der Waals surface area contributed by atoms with Gasteiger partial charge in [-0.3, -0.25) is 9.10 Å². The number of hydrogen-bond donors (Lipinski definition) is 1. The van der Waals surface area contributed by atoms with Crippen molar-refractivity contribution in [1.82, 2.24) is 0 Å². The van der Waals surface area contributed by atoms with E-state index in [4.69, 9.17) is 10.00 Å². The van der Waals surface area contributed by atoms with Gasteiger partial charge in [0.1, 0.15) is 5.75 Å². The van der Waals surface area contributed by atoms with Gasteiger partial charge in [-0.15, -0.1) is 0 Å². The Bertz CT molecular complexity index is 935. The van der Waals surface area contributed by atoms with Crippen LogP contribution in [0.2, 0.25) is 0 Å². The first kappa shape index (κ1) is 19.3. The van der Waals surface area contributed by atoms with E-state index in [-0.39, 0.29) is 18.9 Å². The van der Waals surface area contributed by atoms with Crippen LogP contribution in [-0.2, 0) is 14.8 Å². The number of nitrogens with zero attached hydrogens (tertiary/aromatic N) is 2. The topological polar surface area (TPSA) is 99.5 Å². The average Bonchev–Trinajstić information content (AvgIpc) is 2.61. The Morgan fingerprint density at radius 2 is 1.96 bits per heavy atom. The lowest BCUT2D eigenvalue weighted by atomic mass is 10.2. The van der Waals surface area contributed by atoms with Crippen LogP contribution in [0.25, 0.3) is 0 Å². The zero-order valence-corrected chi connectivity index (χ0v) is 15.3. The summed E-state index contributed by atoms with van der Waals surface area (Å²) in [5.41, 5.74) is 1.25. The number of benzene rings is 2. The van der Waals surface area contributed by atoms with Gasteiger partial charge < -0.3 is 10.1 Å². The molecule has 136 valence electrons. The molecular weight excluding hydrogens is 354 g/mol. The van der Waals surface area contributed by atoms with Gasteiger partial charge >= 0.3 is 0 Å². The van der Waals surface area contributed by atoms with Gasteiger partial charge in [-0.05, 0) is 30.3 Å². The average molecular weight is 373 g/mol. The molecule has 2 aromatic rings. The predicted octanol–water partition coefficient (Wildman–Crippen LogP) is 2.36. The van der Waals surface area contributed by atoms with Crippen molar-refractivity contribution in [2.24, 2.45) is 0 Å². The number of carbonyl (C=O) groups is 1. The summed E-state index contributed by atoms with van der Waals surface area (Å²) >= 11 is 0. The lowest BCUT2D eigenvalue weighted by Gasteiger charge is -2.22. The minimum absolute atomic E-state index is 0.0382. The monoisotopic (exact) mass is 373 g/mol. The normalized spacial score (nSPS) is 10.7. The van der Waals surface area contributed by atoms with E-state index >= 15 is 0 Å². The zero-order valence-electron chi connectivity index (χ0n) is 14.5. The first-order valence-electron chi connectivity index (χ1n) is 7.75. The second kappa shape index (κ2) is 8.36. The molecule has 0 aliphatic heterocycles. The predicted molar refractivity (Wildman–Crippen MR) is 99.6 cm³/mol. The van der Waals surface area contributed by atoms with Crippen LogP contribution in [-0.4, -0.2) is 34.2 Å². The number of anilines is 2. The lowest BCUT2D eigenvalue weighted by Crippen LogP contribution is -2.33.